The lowest BCUT2D eigenvalue weighted by atomic mass is 10.2. The molecule has 0 N–H and O–H groups in total. The molecule has 1 heterocycles. The number of nitrogens with zero attached hydrogens (tertiary/aromatic N) is 3. The van der Waals surface area contributed by atoms with Crippen molar-refractivity contribution in [1.29, 1.82) is 0 Å². The highest BCUT2D eigenvalue weighted by Gasteiger charge is 2.02. The zero-order chi connectivity index (χ0) is 13.0. The Morgan fingerprint density at radius 2 is 1.94 bits per heavy atom. The van der Waals surface area contributed by atoms with Crippen molar-refractivity contribution in [3.8, 4) is 0 Å². The number of hydrogen-bond donors (Lipinski definition) is 0. The second-order valence-electron chi connectivity index (χ2n) is 3.74. The zero-order valence-electron chi connectivity index (χ0n) is 9.78. The molecule has 0 aliphatic rings. The summed E-state index contributed by atoms with van der Waals surface area (Å²) in [6.45, 7) is 1.89. The predicted octanol–water partition coefficient (Wildman–Crippen LogP) is 3.05. The molecule has 90 valence electrons. The molecule has 1 aromatic heterocycles. The van der Waals surface area contributed by atoms with E-state index in [1.165, 1.54) is 12.1 Å². The zero-order valence-corrected chi connectivity index (χ0v) is 9.78. The van der Waals surface area contributed by atoms with Crippen molar-refractivity contribution in [2.45, 2.75) is 6.92 Å². The fraction of sp³-hybridized carbons (Fsp3) is 0.0769. The Bertz CT molecular complexity index is 591. The summed E-state index contributed by atoms with van der Waals surface area (Å²) < 4.78 is 0. The van der Waals surface area contributed by atoms with Gasteiger partial charge in [0, 0.05) is 24.0 Å². The van der Waals surface area contributed by atoms with E-state index in [9.17, 15) is 10.1 Å². The minimum atomic E-state index is -0.428. The molecule has 0 atom stereocenters. The van der Waals surface area contributed by atoms with Crippen LogP contribution in [0.3, 0.4) is 0 Å². The molecule has 0 saturated carbocycles. The SMILES string of the molecule is Cc1cccc(N=Cc2ccc([N+](=O)[O-])cc2)n1. The van der Waals surface area contributed by atoms with E-state index >= 15 is 0 Å². The summed E-state index contributed by atoms with van der Waals surface area (Å²) in [7, 11) is 0. The van der Waals surface area contributed by atoms with E-state index in [2.05, 4.69) is 9.98 Å². The minimum absolute atomic E-state index is 0.0702. The molecule has 5 heteroatoms. The van der Waals surface area contributed by atoms with Crippen LogP contribution in [0.5, 0.6) is 0 Å². The van der Waals surface area contributed by atoms with Crippen molar-refractivity contribution in [3.63, 3.8) is 0 Å². The monoisotopic (exact) mass is 241 g/mol. The van der Waals surface area contributed by atoms with E-state index in [1.807, 2.05) is 19.1 Å². The van der Waals surface area contributed by atoms with Crippen LogP contribution >= 0.6 is 0 Å². The molecule has 0 amide bonds. The summed E-state index contributed by atoms with van der Waals surface area (Å²) in [5, 5.41) is 10.5. The molecule has 0 saturated heterocycles. The normalized spacial score (nSPS) is 10.7. The van der Waals surface area contributed by atoms with Gasteiger partial charge in [0.05, 0.1) is 4.92 Å². The molecule has 0 aliphatic heterocycles. The Labute approximate surface area is 104 Å². The summed E-state index contributed by atoms with van der Waals surface area (Å²) in [5.41, 5.74) is 1.76. The lowest BCUT2D eigenvalue weighted by Gasteiger charge is -1.95. The van der Waals surface area contributed by atoms with Gasteiger partial charge in [-0.1, -0.05) is 6.07 Å². The van der Waals surface area contributed by atoms with Gasteiger partial charge in [-0.15, -0.1) is 0 Å². The first-order valence-corrected chi connectivity index (χ1v) is 5.37. The average Bonchev–Trinajstić information content (AvgIpc) is 2.37. The smallest absolute Gasteiger partial charge is 0.258 e. The van der Waals surface area contributed by atoms with E-state index < -0.39 is 4.92 Å². The molecule has 1 aromatic carbocycles. The van der Waals surface area contributed by atoms with Crippen LogP contribution in [-0.2, 0) is 0 Å². The molecular formula is C13H11N3O2. The largest absolute Gasteiger partial charge is 0.269 e. The highest BCUT2D eigenvalue weighted by Crippen LogP contribution is 2.12. The van der Waals surface area contributed by atoms with Crippen molar-refractivity contribution in [2.24, 2.45) is 4.99 Å². The minimum Gasteiger partial charge on any atom is -0.258 e. The number of aromatic nitrogens is 1. The third-order valence-electron chi connectivity index (χ3n) is 2.32. The summed E-state index contributed by atoms with van der Waals surface area (Å²) in [5.74, 6) is 0.619. The van der Waals surface area contributed by atoms with Gasteiger partial charge in [-0.2, -0.15) is 0 Å². The lowest BCUT2D eigenvalue weighted by Crippen LogP contribution is -1.88. The van der Waals surface area contributed by atoms with E-state index in [1.54, 1.807) is 24.4 Å². The van der Waals surface area contributed by atoms with Crippen molar-refractivity contribution < 1.29 is 4.92 Å². The quantitative estimate of drug-likeness (QED) is 0.471. The molecule has 2 rings (SSSR count). The molecule has 5 nitrogen and oxygen atoms in total. The summed E-state index contributed by atoms with van der Waals surface area (Å²) in [6.07, 6.45) is 1.63. The third kappa shape index (κ3) is 2.98. The van der Waals surface area contributed by atoms with E-state index in [-0.39, 0.29) is 5.69 Å². The standard InChI is InChI=1S/C13H11N3O2/c1-10-3-2-4-13(15-10)14-9-11-5-7-12(8-6-11)16(17)18/h2-9H,1H3. The molecule has 0 unspecified atom stereocenters. The summed E-state index contributed by atoms with van der Waals surface area (Å²) >= 11 is 0. The maximum atomic E-state index is 10.5. The van der Waals surface area contributed by atoms with Crippen LogP contribution < -0.4 is 0 Å². The number of rotatable bonds is 3. The number of nitro groups is 1. The fourth-order valence-corrected chi connectivity index (χ4v) is 1.42. The van der Waals surface area contributed by atoms with E-state index in [0.29, 0.717) is 5.82 Å². The molecule has 0 bridgehead atoms. The Hall–Kier alpha value is -2.56. The van der Waals surface area contributed by atoms with E-state index in [4.69, 9.17) is 0 Å². The summed E-state index contributed by atoms with van der Waals surface area (Å²) in [4.78, 5) is 18.5. The Morgan fingerprint density at radius 3 is 2.56 bits per heavy atom. The van der Waals surface area contributed by atoms with Gasteiger partial charge in [-0.3, -0.25) is 10.1 Å². The maximum Gasteiger partial charge on any atom is 0.269 e. The Morgan fingerprint density at radius 1 is 1.22 bits per heavy atom. The molecule has 18 heavy (non-hydrogen) atoms. The second kappa shape index (κ2) is 5.18. The van der Waals surface area contributed by atoms with Crippen LogP contribution in [-0.4, -0.2) is 16.1 Å². The molecular weight excluding hydrogens is 230 g/mol. The number of pyridine rings is 1. The van der Waals surface area contributed by atoms with Crippen LogP contribution in [0.4, 0.5) is 11.5 Å². The van der Waals surface area contributed by atoms with Crippen molar-refractivity contribution >= 4 is 17.7 Å². The van der Waals surface area contributed by atoms with Crippen molar-refractivity contribution in [1.82, 2.24) is 4.98 Å². The highest BCUT2D eigenvalue weighted by molar-refractivity contribution is 5.81. The molecule has 0 radical (unpaired) electrons. The van der Waals surface area contributed by atoms with Gasteiger partial charge < -0.3 is 0 Å². The van der Waals surface area contributed by atoms with Crippen molar-refractivity contribution in [3.05, 3.63) is 63.8 Å². The first-order chi connectivity index (χ1) is 8.65. The average molecular weight is 241 g/mol. The Balaban J connectivity index is 2.16. The van der Waals surface area contributed by atoms with Gasteiger partial charge in [0.25, 0.3) is 5.69 Å². The van der Waals surface area contributed by atoms with Gasteiger partial charge in [0.2, 0.25) is 0 Å². The van der Waals surface area contributed by atoms with E-state index in [0.717, 1.165) is 11.3 Å². The van der Waals surface area contributed by atoms with Gasteiger partial charge in [0.15, 0.2) is 5.82 Å². The van der Waals surface area contributed by atoms with Crippen molar-refractivity contribution in [2.75, 3.05) is 0 Å². The van der Waals surface area contributed by atoms with Crippen LogP contribution in [0.1, 0.15) is 11.3 Å². The predicted molar refractivity (Wildman–Crippen MR) is 69.3 cm³/mol. The first-order valence-electron chi connectivity index (χ1n) is 5.37. The molecule has 0 aliphatic carbocycles. The topological polar surface area (TPSA) is 68.4 Å². The Kier molecular flexibility index (Phi) is 3.43. The van der Waals surface area contributed by atoms with Crippen LogP contribution in [0, 0.1) is 17.0 Å². The summed E-state index contributed by atoms with van der Waals surface area (Å²) in [6, 6.07) is 11.8. The number of nitro benzene ring substituents is 1. The molecule has 0 spiro atoms. The van der Waals surface area contributed by atoms with Crippen LogP contribution in [0.2, 0.25) is 0 Å². The maximum absolute atomic E-state index is 10.5. The lowest BCUT2D eigenvalue weighted by molar-refractivity contribution is -0.384. The number of non-ortho nitro benzene ring substituents is 1. The number of aliphatic imine (C=N–C) groups is 1. The van der Waals surface area contributed by atoms with Crippen LogP contribution in [0.25, 0.3) is 0 Å². The van der Waals surface area contributed by atoms with Crippen LogP contribution in [0.15, 0.2) is 47.5 Å². The highest BCUT2D eigenvalue weighted by atomic mass is 16.6. The third-order valence-corrected chi connectivity index (χ3v) is 2.32. The van der Waals surface area contributed by atoms with Gasteiger partial charge in [-0.05, 0) is 36.8 Å². The molecule has 0 fully saturated rings. The van der Waals surface area contributed by atoms with Gasteiger partial charge >= 0.3 is 0 Å². The van der Waals surface area contributed by atoms with Gasteiger partial charge in [-0.25, -0.2) is 9.98 Å². The second-order valence-corrected chi connectivity index (χ2v) is 3.74. The molecule has 2 aromatic rings. The first kappa shape index (κ1) is 11.9. The number of hydrogen-bond acceptors (Lipinski definition) is 4. The number of aryl methyl sites for hydroxylation is 1. The fourth-order valence-electron chi connectivity index (χ4n) is 1.42. The number of benzene rings is 1. The van der Waals surface area contributed by atoms with Gasteiger partial charge in [0.1, 0.15) is 0 Å².